The third kappa shape index (κ3) is 3.10. The van der Waals surface area contributed by atoms with Crippen LogP contribution >= 0.6 is 0 Å². The van der Waals surface area contributed by atoms with E-state index in [0.717, 1.165) is 0 Å². The summed E-state index contributed by atoms with van der Waals surface area (Å²) < 4.78 is 10.1. The minimum absolute atomic E-state index is 0.165. The lowest BCUT2D eigenvalue weighted by Gasteiger charge is -2.09. The maximum atomic E-state index is 11.9. The Bertz CT molecular complexity index is 468. The van der Waals surface area contributed by atoms with Crippen LogP contribution in [-0.2, 0) is 4.79 Å². The average molecular weight is 249 g/mol. The monoisotopic (exact) mass is 249 g/mol. The van der Waals surface area contributed by atoms with Crippen molar-refractivity contribution in [2.75, 3.05) is 20.8 Å². The molecule has 0 bridgehead atoms. The lowest BCUT2D eigenvalue weighted by molar-refractivity contribution is -0.116. The maximum Gasteiger partial charge on any atom is 0.292 e. The van der Waals surface area contributed by atoms with Crippen LogP contribution in [0, 0.1) is 0 Å². The summed E-state index contributed by atoms with van der Waals surface area (Å²) >= 11 is 0. The average Bonchev–Trinajstić information content (AvgIpc) is 2.43. The van der Waals surface area contributed by atoms with Gasteiger partial charge >= 0.3 is 0 Å². The molecule has 0 aliphatic heterocycles. The van der Waals surface area contributed by atoms with Crippen molar-refractivity contribution >= 4 is 11.7 Å². The molecule has 0 aliphatic rings. The summed E-state index contributed by atoms with van der Waals surface area (Å²) in [7, 11) is 2.91. The van der Waals surface area contributed by atoms with Crippen molar-refractivity contribution in [1.29, 1.82) is 0 Å². The van der Waals surface area contributed by atoms with Gasteiger partial charge in [0.25, 0.3) is 11.7 Å². The summed E-state index contributed by atoms with van der Waals surface area (Å²) in [5, 5.41) is 2.42. The van der Waals surface area contributed by atoms with Gasteiger partial charge in [-0.2, -0.15) is 0 Å². The number of ketones is 1. The molecule has 1 aromatic carbocycles. The molecule has 0 radical (unpaired) electrons. The van der Waals surface area contributed by atoms with Gasteiger partial charge in [0, 0.05) is 6.54 Å². The molecule has 18 heavy (non-hydrogen) atoms. The quantitative estimate of drug-likeness (QED) is 0.467. The van der Waals surface area contributed by atoms with Crippen LogP contribution in [0.25, 0.3) is 0 Å². The van der Waals surface area contributed by atoms with Crippen LogP contribution in [0.15, 0.2) is 30.9 Å². The van der Waals surface area contributed by atoms with Gasteiger partial charge in [0.15, 0.2) is 0 Å². The molecule has 0 unspecified atom stereocenters. The molecule has 1 rings (SSSR count). The van der Waals surface area contributed by atoms with E-state index < -0.39 is 11.7 Å². The van der Waals surface area contributed by atoms with Gasteiger partial charge in [0.2, 0.25) is 0 Å². The molecule has 1 amide bonds. The summed E-state index contributed by atoms with van der Waals surface area (Å²) in [6.45, 7) is 3.69. The van der Waals surface area contributed by atoms with Crippen molar-refractivity contribution in [2.45, 2.75) is 0 Å². The van der Waals surface area contributed by atoms with Crippen LogP contribution in [0.3, 0.4) is 0 Å². The van der Waals surface area contributed by atoms with E-state index in [2.05, 4.69) is 11.9 Å². The van der Waals surface area contributed by atoms with E-state index in [0.29, 0.717) is 11.5 Å². The second kappa shape index (κ2) is 6.44. The second-order valence-corrected chi connectivity index (χ2v) is 3.39. The molecule has 0 spiro atoms. The first-order chi connectivity index (χ1) is 8.63. The maximum absolute atomic E-state index is 11.9. The minimum Gasteiger partial charge on any atom is -0.497 e. The highest BCUT2D eigenvalue weighted by atomic mass is 16.5. The van der Waals surface area contributed by atoms with Crippen molar-refractivity contribution in [3.05, 3.63) is 36.4 Å². The highest BCUT2D eigenvalue weighted by Crippen LogP contribution is 2.24. The van der Waals surface area contributed by atoms with Crippen molar-refractivity contribution in [1.82, 2.24) is 5.32 Å². The van der Waals surface area contributed by atoms with Gasteiger partial charge in [0.1, 0.15) is 11.5 Å². The summed E-state index contributed by atoms with van der Waals surface area (Å²) in [6, 6.07) is 4.69. The topological polar surface area (TPSA) is 64.6 Å². The number of Topliss-reactive ketones (excluding diaryl/α,β-unsaturated/α-hetero) is 1. The number of benzene rings is 1. The Morgan fingerprint density at radius 2 is 2.06 bits per heavy atom. The fraction of sp³-hybridized carbons (Fsp3) is 0.231. The zero-order valence-corrected chi connectivity index (χ0v) is 10.4. The lowest BCUT2D eigenvalue weighted by atomic mass is 10.1. The minimum atomic E-state index is -0.707. The molecule has 5 nitrogen and oxygen atoms in total. The van der Waals surface area contributed by atoms with E-state index in [-0.39, 0.29) is 12.1 Å². The number of rotatable bonds is 6. The third-order valence-corrected chi connectivity index (χ3v) is 2.26. The van der Waals surface area contributed by atoms with E-state index in [1.165, 1.54) is 26.4 Å². The van der Waals surface area contributed by atoms with Gasteiger partial charge in [-0.3, -0.25) is 9.59 Å². The molecule has 96 valence electrons. The number of hydrogen-bond donors (Lipinski definition) is 1. The summed E-state index contributed by atoms with van der Waals surface area (Å²) in [4.78, 5) is 23.5. The lowest BCUT2D eigenvalue weighted by Crippen LogP contribution is -2.31. The first-order valence-electron chi connectivity index (χ1n) is 5.29. The SMILES string of the molecule is C=CCNC(=O)C(=O)c1cc(OC)ccc1OC. The molecule has 0 aromatic heterocycles. The number of ether oxygens (including phenoxy) is 2. The van der Waals surface area contributed by atoms with Crippen LogP contribution in [0.4, 0.5) is 0 Å². The summed E-state index contributed by atoms with van der Waals surface area (Å²) in [5.41, 5.74) is 0.165. The van der Waals surface area contributed by atoms with Crippen LogP contribution in [0.1, 0.15) is 10.4 Å². The van der Waals surface area contributed by atoms with Gasteiger partial charge in [-0.1, -0.05) is 6.08 Å². The highest BCUT2D eigenvalue weighted by Gasteiger charge is 2.20. The zero-order chi connectivity index (χ0) is 13.5. The van der Waals surface area contributed by atoms with Gasteiger partial charge in [0.05, 0.1) is 19.8 Å². The van der Waals surface area contributed by atoms with Gasteiger partial charge < -0.3 is 14.8 Å². The Hall–Kier alpha value is -2.30. The summed E-state index contributed by atoms with van der Waals surface area (Å²) in [5.74, 6) is -0.570. The van der Waals surface area contributed by atoms with E-state index in [1.807, 2.05) is 0 Å². The summed E-state index contributed by atoms with van der Waals surface area (Å²) in [6.07, 6.45) is 1.49. The van der Waals surface area contributed by atoms with Crippen molar-refractivity contribution < 1.29 is 19.1 Å². The Morgan fingerprint density at radius 3 is 2.61 bits per heavy atom. The molecule has 0 atom stereocenters. The van der Waals surface area contributed by atoms with Gasteiger partial charge in [-0.25, -0.2) is 0 Å². The fourth-order valence-electron chi connectivity index (χ4n) is 1.36. The molecular formula is C13H15NO4. The van der Waals surface area contributed by atoms with E-state index >= 15 is 0 Å². The van der Waals surface area contributed by atoms with E-state index in [9.17, 15) is 9.59 Å². The van der Waals surface area contributed by atoms with Crippen LogP contribution in [0.2, 0.25) is 0 Å². The molecule has 1 N–H and O–H groups in total. The fourth-order valence-corrected chi connectivity index (χ4v) is 1.36. The van der Waals surface area contributed by atoms with Crippen molar-refractivity contribution in [2.24, 2.45) is 0 Å². The Kier molecular flexibility index (Phi) is 4.92. The van der Waals surface area contributed by atoms with Crippen molar-refractivity contribution in [3.8, 4) is 11.5 Å². The zero-order valence-electron chi connectivity index (χ0n) is 10.4. The van der Waals surface area contributed by atoms with E-state index in [1.54, 1.807) is 12.1 Å². The molecule has 0 saturated heterocycles. The Labute approximate surface area is 105 Å². The molecule has 5 heteroatoms. The molecule has 1 aromatic rings. The molecule has 0 heterocycles. The Balaban J connectivity index is 3.02. The number of carbonyl (C=O) groups excluding carboxylic acids is 2. The molecule has 0 saturated carbocycles. The van der Waals surface area contributed by atoms with Crippen molar-refractivity contribution in [3.63, 3.8) is 0 Å². The smallest absolute Gasteiger partial charge is 0.292 e. The van der Waals surface area contributed by atoms with Crippen LogP contribution in [-0.4, -0.2) is 32.5 Å². The molecular weight excluding hydrogens is 234 g/mol. The number of methoxy groups -OCH3 is 2. The normalized spacial score (nSPS) is 9.44. The Morgan fingerprint density at radius 1 is 1.33 bits per heavy atom. The number of amides is 1. The number of carbonyl (C=O) groups is 2. The molecule has 0 fully saturated rings. The standard InChI is InChI=1S/C13H15NO4/c1-4-7-14-13(16)12(15)10-8-9(17-2)5-6-11(10)18-3/h4-6,8H,1,7H2,2-3H3,(H,14,16). The van der Waals surface area contributed by atoms with E-state index in [4.69, 9.17) is 9.47 Å². The molecule has 0 aliphatic carbocycles. The van der Waals surface area contributed by atoms with Gasteiger partial charge in [-0.05, 0) is 18.2 Å². The number of hydrogen-bond acceptors (Lipinski definition) is 4. The second-order valence-electron chi connectivity index (χ2n) is 3.39. The first kappa shape index (κ1) is 13.8. The predicted octanol–water partition coefficient (Wildman–Crippen LogP) is 1.19. The largest absolute Gasteiger partial charge is 0.497 e. The highest BCUT2D eigenvalue weighted by molar-refractivity contribution is 6.43. The van der Waals surface area contributed by atoms with Crippen LogP contribution < -0.4 is 14.8 Å². The third-order valence-electron chi connectivity index (χ3n) is 2.26. The first-order valence-corrected chi connectivity index (χ1v) is 5.29. The predicted molar refractivity (Wildman–Crippen MR) is 67.1 cm³/mol. The van der Waals surface area contributed by atoms with Gasteiger partial charge in [-0.15, -0.1) is 6.58 Å². The number of nitrogens with one attached hydrogen (secondary N) is 1. The van der Waals surface area contributed by atoms with Crippen LogP contribution in [0.5, 0.6) is 11.5 Å².